The standard InChI is InChI=1S/C32H30BrF3N2O4/c1-5-41-31(40)28-25(16-21(4)42-18-22-9-7-6-8-10-22)29(23-14-19(2)13-20(3)15-23)37-38(30(28)39)27-17-24(33)11-12-26(27)32(34,35)36/h6-15,17,21H,5,16,18H2,1-4H3. The van der Waals surface area contributed by atoms with Gasteiger partial charge in [0.05, 0.1) is 36.3 Å². The number of ether oxygens (including phenoxy) is 2. The normalized spacial score (nSPS) is 12.3. The monoisotopic (exact) mass is 642 g/mol. The van der Waals surface area contributed by atoms with Gasteiger partial charge >= 0.3 is 12.1 Å². The van der Waals surface area contributed by atoms with Crippen LogP contribution < -0.4 is 5.56 Å². The Morgan fingerprint density at radius 2 is 1.69 bits per heavy atom. The maximum absolute atomic E-state index is 14.1. The molecule has 0 saturated carbocycles. The molecule has 0 radical (unpaired) electrons. The fraction of sp³-hybridized carbons (Fsp3) is 0.281. The second-order valence-electron chi connectivity index (χ2n) is 9.99. The minimum atomic E-state index is -4.79. The third-order valence-electron chi connectivity index (χ3n) is 6.53. The number of hydrogen-bond donors (Lipinski definition) is 0. The van der Waals surface area contributed by atoms with Crippen LogP contribution in [-0.2, 0) is 28.7 Å². The number of rotatable bonds is 9. The Kier molecular flexibility index (Phi) is 9.68. The van der Waals surface area contributed by atoms with Crippen LogP contribution in [-0.4, -0.2) is 28.5 Å². The molecule has 0 amide bonds. The maximum atomic E-state index is 14.1. The van der Waals surface area contributed by atoms with E-state index in [-0.39, 0.29) is 36.5 Å². The van der Waals surface area contributed by atoms with Crippen molar-refractivity contribution < 1.29 is 27.4 Å². The number of aromatic nitrogens is 2. The van der Waals surface area contributed by atoms with Crippen molar-refractivity contribution in [1.29, 1.82) is 0 Å². The van der Waals surface area contributed by atoms with Gasteiger partial charge in [0.15, 0.2) is 0 Å². The molecule has 0 aliphatic heterocycles. The number of esters is 1. The Morgan fingerprint density at radius 3 is 2.31 bits per heavy atom. The van der Waals surface area contributed by atoms with Gasteiger partial charge in [0, 0.05) is 22.0 Å². The van der Waals surface area contributed by atoms with E-state index >= 15 is 0 Å². The molecule has 4 aromatic rings. The zero-order valence-electron chi connectivity index (χ0n) is 23.6. The lowest BCUT2D eigenvalue weighted by atomic mass is 9.95. The van der Waals surface area contributed by atoms with Crippen molar-refractivity contribution in [2.24, 2.45) is 0 Å². The van der Waals surface area contributed by atoms with E-state index in [2.05, 4.69) is 21.0 Å². The largest absolute Gasteiger partial charge is 0.462 e. The summed E-state index contributed by atoms with van der Waals surface area (Å²) in [5, 5.41) is 4.50. The van der Waals surface area contributed by atoms with Gasteiger partial charge in [-0.2, -0.15) is 23.0 Å². The van der Waals surface area contributed by atoms with Crippen LogP contribution in [0, 0.1) is 13.8 Å². The first-order chi connectivity index (χ1) is 19.9. The van der Waals surface area contributed by atoms with Crippen LogP contribution in [0.15, 0.2) is 76.0 Å². The summed E-state index contributed by atoms with van der Waals surface area (Å²) in [4.78, 5) is 27.3. The van der Waals surface area contributed by atoms with Crippen LogP contribution in [0.3, 0.4) is 0 Å². The molecular weight excluding hydrogens is 613 g/mol. The van der Waals surface area contributed by atoms with E-state index < -0.39 is 35.1 Å². The number of hydrogen-bond acceptors (Lipinski definition) is 5. The average Bonchev–Trinajstić information content (AvgIpc) is 2.91. The van der Waals surface area contributed by atoms with Gasteiger partial charge in [0.25, 0.3) is 5.56 Å². The van der Waals surface area contributed by atoms with Crippen LogP contribution >= 0.6 is 15.9 Å². The molecule has 0 aliphatic carbocycles. The Morgan fingerprint density at radius 1 is 1.02 bits per heavy atom. The summed E-state index contributed by atoms with van der Waals surface area (Å²) >= 11 is 3.20. The predicted molar refractivity (Wildman–Crippen MR) is 158 cm³/mol. The Bertz CT molecular complexity index is 1630. The average molecular weight is 644 g/mol. The van der Waals surface area contributed by atoms with Crippen molar-refractivity contribution in [2.75, 3.05) is 6.61 Å². The highest BCUT2D eigenvalue weighted by atomic mass is 79.9. The molecule has 4 rings (SSSR count). The molecule has 0 saturated heterocycles. The zero-order chi connectivity index (χ0) is 30.6. The number of carbonyl (C=O) groups excluding carboxylic acids is 1. The third-order valence-corrected chi connectivity index (χ3v) is 7.02. The molecule has 0 N–H and O–H groups in total. The zero-order valence-corrected chi connectivity index (χ0v) is 25.2. The van der Waals surface area contributed by atoms with Gasteiger partial charge < -0.3 is 9.47 Å². The van der Waals surface area contributed by atoms with Gasteiger partial charge in [-0.3, -0.25) is 4.79 Å². The quantitative estimate of drug-likeness (QED) is 0.176. The second-order valence-corrected chi connectivity index (χ2v) is 10.9. The van der Waals surface area contributed by atoms with Crippen molar-refractivity contribution in [1.82, 2.24) is 9.78 Å². The van der Waals surface area contributed by atoms with Crippen molar-refractivity contribution in [3.63, 3.8) is 0 Å². The lowest BCUT2D eigenvalue weighted by Gasteiger charge is -2.21. The van der Waals surface area contributed by atoms with E-state index in [1.165, 1.54) is 6.07 Å². The molecular formula is C32H30BrF3N2O4. The molecule has 6 nitrogen and oxygen atoms in total. The molecule has 3 aromatic carbocycles. The van der Waals surface area contributed by atoms with E-state index in [0.717, 1.165) is 28.8 Å². The highest BCUT2D eigenvalue weighted by Gasteiger charge is 2.36. The van der Waals surface area contributed by atoms with E-state index in [9.17, 15) is 22.8 Å². The van der Waals surface area contributed by atoms with Crippen LogP contribution in [0.5, 0.6) is 0 Å². The third kappa shape index (κ3) is 7.17. The molecule has 0 fully saturated rings. The molecule has 10 heteroatoms. The van der Waals surface area contributed by atoms with Crippen LogP contribution in [0.2, 0.25) is 0 Å². The lowest BCUT2D eigenvalue weighted by molar-refractivity contribution is -0.137. The van der Waals surface area contributed by atoms with Gasteiger partial charge in [-0.1, -0.05) is 63.5 Å². The summed E-state index contributed by atoms with van der Waals surface area (Å²) < 4.78 is 54.6. The van der Waals surface area contributed by atoms with E-state index in [1.54, 1.807) is 13.8 Å². The van der Waals surface area contributed by atoms with E-state index in [1.807, 2.05) is 62.4 Å². The molecule has 1 atom stereocenters. The second kappa shape index (κ2) is 13.0. The van der Waals surface area contributed by atoms with Gasteiger partial charge in [0.2, 0.25) is 0 Å². The topological polar surface area (TPSA) is 70.4 Å². The molecule has 0 bridgehead atoms. The smallest absolute Gasteiger partial charge is 0.418 e. The van der Waals surface area contributed by atoms with Gasteiger partial charge in [-0.25, -0.2) is 4.79 Å². The summed E-state index contributed by atoms with van der Waals surface area (Å²) in [6, 6.07) is 18.3. The first kappa shape index (κ1) is 31.2. The highest BCUT2D eigenvalue weighted by Crippen LogP contribution is 2.36. The Hall–Kier alpha value is -3.76. The van der Waals surface area contributed by atoms with Crippen LogP contribution in [0.25, 0.3) is 16.9 Å². The SMILES string of the molecule is CCOC(=O)c1c(CC(C)OCc2ccccc2)c(-c2cc(C)cc(C)c2)nn(-c2cc(Br)ccc2C(F)(F)F)c1=O. The Balaban J connectivity index is 1.99. The maximum Gasteiger partial charge on any atom is 0.418 e. The summed E-state index contributed by atoms with van der Waals surface area (Å²) in [5.41, 5.74) is 0.663. The number of alkyl halides is 3. The lowest BCUT2D eigenvalue weighted by Crippen LogP contribution is -2.33. The summed E-state index contributed by atoms with van der Waals surface area (Å²) in [5.74, 6) is -0.946. The van der Waals surface area contributed by atoms with Crippen molar-refractivity contribution in [3.8, 4) is 16.9 Å². The first-order valence-electron chi connectivity index (χ1n) is 13.3. The molecule has 0 aliphatic rings. The van der Waals surface area contributed by atoms with Crippen molar-refractivity contribution in [3.05, 3.63) is 115 Å². The number of nitrogens with zero attached hydrogens (tertiary/aromatic N) is 2. The molecule has 1 aromatic heterocycles. The minimum absolute atomic E-state index is 0.0380. The molecule has 1 unspecified atom stereocenters. The summed E-state index contributed by atoms with van der Waals surface area (Å²) in [6.07, 6.45) is -5.20. The predicted octanol–water partition coefficient (Wildman–Crippen LogP) is 7.62. The van der Waals surface area contributed by atoms with E-state index in [0.29, 0.717) is 14.7 Å². The first-order valence-corrected chi connectivity index (χ1v) is 14.1. The molecule has 0 spiro atoms. The van der Waals surface area contributed by atoms with Gasteiger partial charge in [-0.15, -0.1) is 0 Å². The van der Waals surface area contributed by atoms with Gasteiger partial charge in [-0.05, 0) is 63.6 Å². The molecule has 1 heterocycles. The minimum Gasteiger partial charge on any atom is -0.462 e. The highest BCUT2D eigenvalue weighted by molar-refractivity contribution is 9.10. The summed E-state index contributed by atoms with van der Waals surface area (Å²) in [7, 11) is 0. The van der Waals surface area contributed by atoms with Crippen LogP contribution in [0.4, 0.5) is 13.2 Å². The van der Waals surface area contributed by atoms with Crippen molar-refractivity contribution >= 4 is 21.9 Å². The van der Waals surface area contributed by atoms with Gasteiger partial charge in [0.1, 0.15) is 5.56 Å². The fourth-order valence-corrected chi connectivity index (χ4v) is 5.11. The fourth-order valence-electron chi connectivity index (χ4n) is 4.76. The number of benzene rings is 3. The molecule has 42 heavy (non-hydrogen) atoms. The molecule has 220 valence electrons. The Labute approximate surface area is 250 Å². The van der Waals surface area contributed by atoms with E-state index in [4.69, 9.17) is 9.47 Å². The van der Waals surface area contributed by atoms with Crippen molar-refractivity contribution in [2.45, 2.75) is 53.0 Å². The van der Waals surface area contributed by atoms with Crippen LogP contribution in [0.1, 0.15) is 52.0 Å². The number of aryl methyl sites for hydroxylation is 2. The number of halogens is 4. The summed E-state index contributed by atoms with van der Waals surface area (Å²) in [6.45, 7) is 7.38. The number of carbonyl (C=O) groups is 1.